The number of hydrogen-bond acceptors (Lipinski definition) is 4. The third kappa shape index (κ3) is 7.14. The van der Waals surface area contributed by atoms with E-state index < -0.39 is 5.91 Å². The molecule has 6 nitrogen and oxygen atoms in total. The summed E-state index contributed by atoms with van der Waals surface area (Å²) in [7, 11) is 0. The van der Waals surface area contributed by atoms with E-state index in [1.165, 1.54) is 0 Å². The standard InChI is InChI=1S/C19H18BrCl2N3O3/c1-11-3-6-17(14(20)7-11)28-10-19(27)25-24-12(2)8-18(26)23-13-4-5-15(21)16(22)9-13/h3-7,9H,8,10H2,1-2H3,(H,23,26)(H,25,27). The van der Waals surface area contributed by atoms with Gasteiger partial charge in [0.25, 0.3) is 5.91 Å². The minimum Gasteiger partial charge on any atom is -0.483 e. The molecular formula is C19H18BrCl2N3O3. The van der Waals surface area contributed by atoms with Crippen LogP contribution in [0.4, 0.5) is 5.69 Å². The predicted molar refractivity (Wildman–Crippen MR) is 115 cm³/mol. The largest absolute Gasteiger partial charge is 0.483 e. The highest BCUT2D eigenvalue weighted by Gasteiger charge is 2.08. The summed E-state index contributed by atoms with van der Waals surface area (Å²) in [6.07, 6.45) is 0.00485. The summed E-state index contributed by atoms with van der Waals surface area (Å²) in [6.45, 7) is 3.39. The van der Waals surface area contributed by atoms with Gasteiger partial charge in [0.05, 0.1) is 20.9 Å². The predicted octanol–water partition coefficient (Wildman–Crippen LogP) is 4.96. The maximum absolute atomic E-state index is 12.0. The molecule has 0 heterocycles. The number of aryl methyl sites for hydroxylation is 1. The van der Waals surface area contributed by atoms with Crippen LogP contribution in [0, 0.1) is 6.92 Å². The first-order valence-electron chi connectivity index (χ1n) is 8.20. The van der Waals surface area contributed by atoms with Gasteiger partial charge < -0.3 is 10.1 Å². The lowest BCUT2D eigenvalue weighted by Crippen LogP contribution is -2.26. The quantitative estimate of drug-likeness (QED) is 0.428. The number of anilines is 1. The lowest BCUT2D eigenvalue weighted by Gasteiger charge is -2.08. The molecule has 148 valence electrons. The van der Waals surface area contributed by atoms with Crippen molar-refractivity contribution in [3.8, 4) is 5.75 Å². The number of nitrogens with zero attached hydrogens (tertiary/aromatic N) is 1. The number of carbonyl (C=O) groups is 2. The van der Waals surface area contributed by atoms with Crippen molar-refractivity contribution in [3.05, 3.63) is 56.5 Å². The molecule has 28 heavy (non-hydrogen) atoms. The van der Waals surface area contributed by atoms with E-state index in [9.17, 15) is 9.59 Å². The Morgan fingerprint density at radius 1 is 1.11 bits per heavy atom. The van der Waals surface area contributed by atoms with Gasteiger partial charge in [0.2, 0.25) is 5.91 Å². The molecule has 0 aliphatic rings. The molecule has 2 N–H and O–H groups in total. The number of carbonyl (C=O) groups excluding carboxylic acids is 2. The topological polar surface area (TPSA) is 79.8 Å². The molecule has 0 aliphatic heterocycles. The van der Waals surface area contributed by atoms with Crippen molar-refractivity contribution in [3.63, 3.8) is 0 Å². The van der Waals surface area contributed by atoms with Crippen molar-refractivity contribution in [1.82, 2.24) is 5.43 Å². The molecule has 0 radical (unpaired) electrons. The molecule has 0 unspecified atom stereocenters. The first kappa shape index (κ1) is 22.2. The summed E-state index contributed by atoms with van der Waals surface area (Å²) < 4.78 is 6.20. The molecule has 0 saturated carbocycles. The fraction of sp³-hybridized carbons (Fsp3) is 0.211. The second kappa shape index (κ2) is 10.5. The average Bonchev–Trinajstić information content (AvgIpc) is 2.62. The molecule has 2 aromatic rings. The van der Waals surface area contributed by atoms with E-state index in [0.29, 0.717) is 27.2 Å². The van der Waals surface area contributed by atoms with E-state index in [-0.39, 0.29) is 18.9 Å². The van der Waals surface area contributed by atoms with Gasteiger partial charge in [0.1, 0.15) is 5.75 Å². The van der Waals surface area contributed by atoms with E-state index in [1.54, 1.807) is 31.2 Å². The summed E-state index contributed by atoms with van der Waals surface area (Å²) in [5.74, 6) is -0.173. The Bertz CT molecular complexity index is 919. The van der Waals surface area contributed by atoms with Gasteiger partial charge in [-0.15, -0.1) is 0 Å². The van der Waals surface area contributed by atoms with Crippen molar-refractivity contribution >= 4 is 62.3 Å². The van der Waals surface area contributed by atoms with E-state index in [1.807, 2.05) is 19.1 Å². The van der Waals surface area contributed by atoms with Crippen LogP contribution < -0.4 is 15.5 Å². The zero-order valence-electron chi connectivity index (χ0n) is 15.2. The molecule has 0 fully saturated rings. The highest BCUT2D eigenvalue weighted by molar-refractivity contribution is 9.10. The van der Waals surface area contributed by atoms with Gasteiger partial charge in [-0.05, 0) is 65.7 Å². The van der Waals surface area contributed by atoms with Crippen molar-refractivity contribution in [2.24, 2.45) is 5.10 Å². The van der Waals surface area contributed by atoms with Crippen LogP contribution in [0.15, 0.2) is 46.0 Å². The van der Waals surface area contributed by atoms with Crippen LogP contribution in [0.25, 0.3) is 0 Å². The third-order valence-corrected chi connectivity index (χ3v) is 4.80. The van der Waals surface area contributed by atoms with Crippen LogP contribution in [0.2, 0.25) is 10.0 Å². The van der Waals surface area contributed by atoms with Crippen LogP contribution in [0.3, 0.4) is 0 Å². The van der Waals surface area contributed by atoms with Crippen LogP contribution in [-0.2, 0) is 9.59 Å². The van der Waals surface area contributed by atoms with Crippen LogP contribution >= 0.6 is 39.1 Å². The molecule has 2 rings (SSSR count). The Morgan fingerprint density at radius 3 is 2.54 bits per heavy atom. The summed E-state index contributed by atoms with van der Waals surface area (Å²) in [4.78, 5) is 23.9. The summed E-state index contributed by atoms with van der Waals surface area (Å²) >= 11 is 15.1. The molecule has 0 aromatic heterocycles. The lowest BCUT2D eigenvalue weighted by molar-refractivity contribution is -0.123. The average molecular weight is 487 g/mol. The number of ether oxygens (including phenoxy) is 1. The van der Waals surface area contributed by atoms with E-state index in [0.717, 1.165) is 10.0 Å². The zero-order valence-corrected chi connectivity index (χ0v) is 18.3. The number of halogens is 3. The van der Waals surface area contributed by atoms with Gasteiger partial charge in [0, 0.05) is 11.4 Å². The Hall–Kier alpha value is -2.09. The smallest absolute Gasteiger partial charge is 0.277 e. The number of benzene rings is 2. The van der Waals surface area contributed by atoms with Crippen LogP contribution in [0.5, 0.6) is 5.75 Å². The van der Waals surface area contributed by atoms with Gasteiger partial charge in [-0.2, -0.15) is 5.10 Å². The normalized spacial score (nSPS) is 11.1. The van der Waals surface area contributed by atoms with Gasteiger partial charge in [-0.3, -0.25) is 9.59 Å². The Labute approximate surface area is 181 Å². The maximum Gasteiger partial charge on any atom is 0.277 e. The second-order valence-electron chi connectivity index (χ2n) is 5.96. The van der Waals surface area contributed by atoms with Gasteiger partial charge in [0.15, 0.2) is 6.61 Å². The molecule has 0 aliphatic carbocycles. The monoisotopic (exact) mass is 485 g/mol. The van der Waals surface area contributed by atoms with Crippen molar-refractivity contribution < 1.29 is 14.3 Å². The third-order valence-electron chi connectivity index (χ3n) is 3.44. The number of hydrogen-bond donors (Lipinski definition) is 2. The van der Waals surface area contributed by atoms with Gasteiger partial charge >= 0.3 is 0 Å². The first-order valence-corrected chi connectivity index (χ1v) is 9.75. The Kier molecular flexibility index (Phi) is 8.29. The highest BCUT2D eigenvalue weighted by atomic mass is 79.9. The number of hydrazone groups is 1. The SMILES string of the molecule is CC(CC(=O)Nc1ccc(Cl)c(Cl)c1)=NNC(=O)COc1ccc(C)cc1Br. The summed E-state index contributed by atoms with van der Waals surface area (Å²) in [5.41, 5.74) is 4.39. The minimum atomic E-state index is -0.434. The minimum absolute atomic E-state index is 0.00485. The molecule has 0 bridgehead atoms. The zero-order chi connectivity index (χ0) is 20.7. The molecule has 0 saturated heterocycles. The molecule has 0 spiro atoms. The van der Waals surface area contributed by atoms with Crippen LogP contribution in [0.1, 0.15) is 18.9 Å². The Morgan fingerprint density at radius 2 is 1.86 bits per heavy atom. The van der Waals surface area contributed by atoms with Gasteiger partial charge in [-0.25, -0.2) is 5.43 Å². The molecule has 2 amide bonds. The second-order valence-corrected chi connectivity index (χ2v) is 7.63. The van der Waals surface area contributed by atoms with Crippen molar-refractivity contribution in [2.75, 3.05) is 11.9 Å². The first-order chi connectivity index (χ1) is 13.2. The highest BCUT2D eigenvalue weighted by Crippen LogP contribution is 2.26. The lowest BCUT2D eigenvalue weighted by atomic mass is 10.2. The van der Waals surface area contributed by atoms with Crippen molar-refractivity contribution in [2.45, 2.75) is 20.3 Å². The molecule has 2 aromatic carbocycles. The molecule has 0 atom stereocenters. The fourth-order valence-corrected chi connectivity index (χ4v) is 3.01. The van der Waals surface area contributed by atoms with E-state index in [4.69, 9.17) is 27.9 Å². The molecular weight excluding hydrogens is 469 g/mol. The van der Waals surface area contributed by atoms with Crippen molar-refractivity contribution in [1.29, 1.82) is 0 Å². The van der Waals surface area contributed by atoms with Gasteiger partial charge in [-0.1, -0.05) is 29.3 Å². The number of nitrogens with one attached hydrogen (secondary N) is 2. The van der Waals surface area contributed by atoms with Crippen LogP contribution in [-0.4, -0.2) is 24.1 Å². The number of rotatable bonds is 7. The summed E-state index contributed by atoms with van der Waals surface area (Å²) in [5, 5.41) is 7.33. The number of amides is 2. The van der Waals surface area contributed by atoms with E-state index in [2.05, 4.69) is 31.8 Å². The maximum atomic E-state index is 12.0. The molecule has 9 heteroatoms. The fourth-order valence-electron chi connectivity index (χ4n) is 2.11. The summed E-state index contributed by atoms with van der Waals surface area (Å²) in [6, 6.07) is 10.3. The Balaban J connectivity index is 1.79. The van der Waals surface area contributed by atoms with E-state index >= 15 is 0 Å².